The Morgan fingerprint density at radius 3 is 2.81 bits per heavy atom. The summed E-state index contributed by atoms with van der Waals surface area (Å²) in [7, 11) is 0. The molecule has 4 heteroatoms. The van der Waals surface area contributed by atoms with Crippen molar-refractivity contribution in [1.29, 1.82) is 0 Å². The van der Waals surface area contributed by atoms with E-state index in [1.54, 1.807) is 0 Å². The zero-order valence-corrected chi connectivity index (χ0v) is 10.4. The Kier molecular flexibility index (Phi) is 5.46. The number of alkyl halides is 1. The van der Waals surface area contributed by atoms with Crippen LogP contribution in [0.25, 0.3) is 0 Å². The fourth-order valence-electron chi connectivity index (χ4n) is 1.58. The minimum atomic E-state index is -0.853. The smallest absolute Gasteiger partial charge is 0.306 e. The maximum Gasteiger partial charge on any atom is 0.306 e. The minimum Gasteiger partial charge on any atom is -0.481 e. The number of rotatable bonds is 6. The molecule has 1 aromatic carbocycles. The van der Waals surface area contributed by atoms with Crippen LogP contribution in [0, 0.1) is 5.92 Å². The summed E-state index contributed by atoms with van der Waals surface area (Å²) in [6.45, 7) is -0.456. The van der Waals surface area contributed by atoms with E-state index in [1.165, 1.54) is 0 Å². The van der Waals surface area contributed by atoms with Crippen molar-refractivity contribution in [3.05, 3.63) is 34.3 Å². The number of carbonyl (C=O) groups is 1. The van der Waals surface area contributed by atoms with Crippen LogP contribution in [-0.4, -0.2) is 17.8 Å². The summed E-state index contributed by atoms with van der Waals surface area (Å²) in [5, 5.41) is 9.00. The summed E-state index contributed by atoms with van der Waals surface area (Å²) in [6.07, 6.45) is 1.15. The third kappa shape index (κ3) is 4.31. The molecule has 0 spiro atoms. The number of aliphatic carboxylic acids is 1. The number of carboxylic acids is 1. The molecule has 0 aliphatic carbocycles. The van der Waals surface area contributed by atoms with Gasteiger partial charge in [-0.1, -0.05) is 28.1 Å². The highest BCUT2D eigenvalue weighted by atomic mass is 79.9. The highest BCUT2D eigenvalue weighted by Crippen LogP contribution is 2.18. The Balaban J connectivity index is 2.64. The standard InChI is InChI=1S/C12H14BrFO2/c13-11-5-1-3-9(8-11)7-10(12(15)16)4-2-6-14/h1,3,5,8,10H,2,4,6-7H2,(H,15,16). The molecule has 0 radical (unpaired) electrons. The number of halogens is 2. The summed E-state index contributed by atoms with van der Waals surface area (Å²) in [5.41, 5.74) is 0.959. The fraction of sp³-hybridized carbons (Fsp3) is 0.417. The lowest BCUT2D eigenvalue weighted by atomic mass is 9.95. The number of hydrogen-bond acceptors (Lipinski definition) is 1. The Morgan fingerprint density at radius 1 is 1.50 bits per heavy atom. The van der Waals surface area contributed by atoms with Gasteiger partial charge in [-0.3, -0.25) is 9.18 Å². The van der Waals surface area contributed by atoms with Gasteiger partial charge in [-0.05, 0) is 37.0 Å². The lowest BCUT2D eigenvalue weighted by Crippen LogP contribution is -2.16. The van der Waals surface area contributed by atoms with Gasteiger partial charge in [0.25, 0.3) is 0 Å². The molecule has 16 heavy (non-hydrogen) atoms. The molecule has 1 rings (SSSR count). The fourth-order valence-corrected chi connectivity index (χ4v) is 2.03. The Hall–Kier alpha value is -0.900. The summed E-state index contributed by atoms with van der Waals surface area (Å²) < 4.78 is 12.9. The molecule has 0 aromatic heterocycles. The second kappa shape index (κ2) is 6.63. The Morgan fingerprint density at radius 2 is 2.25 bits per heavy atom. The Bertz CT molecular complexity index is 355. The van der Waals surface area contributed by atoms with Gasteiger partial charge in [0, 0.05) is 4.47 Å². The lowest BCUT2D eigenvalue weighted by Gasteiger charge is -2.11. The second-order valence-corrected chi connectivity index (χ2v) is 4.62. The maximum atomic E-state index is 12.0. The van der Waals surface area contributed by atoms with Gasteiger partial charge in [0.15, 0.2) is 0 Å². The summed E-state index contributed by atoms with van der Waals surface area (Å²) >= 11 is 3.33. The van der Waals surface area contributed by atoms with Crippen molar-refractivity contribution in [2.45, 2.75) is 19.3 Å². The molecular formula is C12H14BrFO2. The SMILES string of the molecule is O=C(O)C(CCCF)Cc1cccc(Br)c1. The van der Waals surface area contributed by atoms with E-state index in [-0.39, 0.29) is 0 Å². The molecule has 0 bridgehead atoms. The zero-order valence-electron chi connectivity index (χ0n) is 8.83. The van der Waals surface area contributed by atoms with Gasteiger partial charge < -0.3 is 5.11 Å². The van der Waals surface area contributed by atoms with Crippen molar-refractivity contribution >= 4 is 21.9 Å². The Labute approximate surface area is 103 Å². The van der Waals surface area contributed by atoms with Crippen LogP contribution >= 0.6 is 15.9 Å². The van der Waals surface area contributed by atoms with Gasteiger partial charge >= 0.3 is 5.97 Å². The first-order valence-electron chi connectivity index (χ1n) is 5.16. The molecule has 0 amide bonds. The van der Waals surface area contributed by atoms with Gasteiger partial charge in [-0.25, -0.2) is 0 Å². The van der Waals surface area contributed by atoms with E-state index in [0.29, 0.717) is 19.3 Å². The second-order valence-electron chi connectivity index (χ2n) is 3.70. The predicted octanol–water partition coefficient (Wildman–Crippen LogP) is 3.44. The molecule has 0 aliphatic rings. The van der Waals surface area contributed by atoms with Crippen molar-refractivity contribution in [2.75, 3.05) is 6.67 Å². The van der Waals surface area contributed by atoms with Crippen LogP contribution in [0.1, 0.15) is 18.4 Å². The molecule has 1 aromatic rings. The summed E-state index contributed by atoms with van der Waals surface area (Å²) in [4.78, 5) is 11.0. The molecule has 0 saturated carbocycles. The molecule has 0 saturated heterocycles. The monoisotopic (exact) mass is 288 g/mol. The van der Waals surface area contributed by atoms with Crippen LogP contribution < -0.4 is 0 Å². The van der Waals surface area contributed by atoms with E-state index < -0.39 is 18.6 Å². The third-order valence-electron chi connectivity index (χ3n) is 2.41. The molecule has 1 N–H and O–H groups in total. The summed E-state index contributed by atoms with van der Waals surface area (Å²) in [5.74, 6) is -1.35. The van der Waals surface area contributed by atoms with Gasteiger partial charge in [0.1, 0.15) is 0 Å². The van der Waals surface area contributed by atoms with Crippen LogP contribution in [0.5, 0.6) is 0 Å². The maximum absolute atomic E-state index is 12.0. The van der Waals surface area contributed by atoms with Gasteiger partial charge in [0.05, 0.1) is 12.6 Å². The largest absolute Gasteiger partial charge is 0.481 e. The molecular weight excluding hydrogens is 275 g/mol. The average molecular weight is 289 g/mol. The van der Waals surface area contributed by atoms with Crippen LogP contribution in [0.2, 0.25) is 0 Å². The molecule has 88 valence electrons. The zero-order chi connectivity index (χ0) is 12.0. The topological polar surface area (TPSA) is 37.3 Å². The van der Waals surface area contributed by atoms with E-state index in [9.17, 15) is 9.18 Å². The third-order valence-corrected chi connectivity index (χ3v) is 2.90. The number of carboxylic acid groups (broad SMARTS) is 1. The average Bonchev–Trinajstić information content (AvgIpc) is 2.24. The number of hydrogen-bond donors (Lipinski definition) is 1. The van der Waals surface area contributed by atoms with Gasteiger partial charge in [0.2, 0.25) is 0 Å². The van der Waals surface area contributed by atoms with E-state index in [2.05, 4.69) is 15.9 Å². The van der Waals surface area contributed by atoms with Crippen molar-refractivity contribution in [2.24, 2.45) is 5.92 Å². The van der Waals surface area contributed by atoms with Crippen molar-refractivity contribution < 1.29 is 14.3 Å². The molecule has 1 unspecified atom stereocenters. The molecule has 0 fully saturated rings. The number of benzene rings is 1. The summed E-state index contributed by atoms with van der Waals surface area (Å²) in [6, 6.07) is 7.54. The van der Waals surface area contributed by atoms with E-state index in [4.69, 9.17) is 5.11 Å². The highest BCUT2D eigenvalue weighted by Gasteiger charge is 2.17. The quantitative estimate of drug-likeness (QED) is 0.871. The van der Waals surface area contributed by atoms with Crippen LogP contribution in [0.3, 0.4) is 0 Å². The van der Waals surface area contributed by atoms with Crippen LogP contribution in [-0.2, 0) is 11.2 Å². The highest BCUT2D eigenvalue weighted by molar-refractivity contribution is 9.10. The van der Waals surface area contributed by atoms with E-state index in [0.717, 1.165) is 10.0 Å². The molecule has 2 nitrogen and oxygen atoms in total. The molecule has 0 heterocycles. The first kappa shape index (κ1) is 13.2. The van der Waals surface area contributed by atoms with Crippen LogP contribution in [0.4, 0.5) is 4.39 Å². The van der Waals surface area contributed by atoms with Crippen molar-refractivity contribution in [1.82, 2.24) is 0 Å². The van der Waals surface area contributed by atoms with Crippen molar-refractivity contribution in [3.63, 3.8) is 0 Å². The predicted molar refractivity (Wildman–Crippen MR) is 64.2 cm³/mol. The first-order valence-corrected chi connectivity index (χ1v) is 5.96. The van der Waals surface area contributed by atoms with Crippen molar-refractivity contribution in [3.8, 4) is 0 Å². The van der Waals surface area contributed by atoms with E-state index in [1.807, 2.05) is 24.3 Å². The first-order chi connectivity index (χ1) is 7.63. The normalized spacial score (nSPS) is 12.4. The van der Waals surface area contributed by atoms with E-state index >= 15 is 0 Å². The lowest BCUT2D eigenvalue weighted by molar-refractivity contribution is -0.142. The van der Waals surface area contributed by atoms with Gasteiger partial charge in [-0.2, -0.15) is 0 Å². The minimum absolute atomic E-state index is 0.310. The molecule has 1 atom stereocenters. The molecule has 0 aliphatic heterocycles. The van der Waals surface area contributed by atoms with Gasteiger partial charge in [-0.15, -0.1) is 0 Å². The van der Waals surface area contributed by atoms with Crippen LogP contribution in [0.15, 0.2) is 28.7 Å².